The van der Waals surface area contributed by atoms with Gasteiger partial charge in [-0.05, 0) is 67.2 Å². The Bertz CT molecular complexity index is 594. The lowest BCUT2D eigenvalue weighted by Crippen LogP contribution is -2.21. The van der Waals surface area contributed by atoms with E-state index in [1.165, 1.54) is 42.7 Å². The van der Waals surface area contributed by atoms with Crippen molar-refractivity contribution in [2.24, 2.45) is 0 Å². The molecule has 21 heavy (non-hydrogen) atoms. The van der Waals surface area contributed by atoms with Gasteiger partial charge in [-0.3, -0.25) is 4.68 Å². The molecule has 0 bridgehead atoms. The second-order valence-electron chi connectivity index (χ2n) is 5.57. The van der Waals surface area contributed by atoms with E-state index in [0.29, 0.717) is 0 Å². The molecule has 0 fully saturated rings. The van der Waals surface area contributed by atoms with Crippen LogP contribution in [-0.4, -0.2) is 16.8 Å². The molecule has 0 radical (unpaired) electrons. The van der Waals surface area contributed by atoms with Crippen LogP contribution in [0.15, 0.2) is 16.7 Å². The Morgan fingerprint density at radius 3 is 2.95 bits per heavy atom. The second-order valence-corrected chi connectivity index (χ2v) is 7.60. The van der Waals surface area contributed by atoms with E-state index in [-0.39, 0.29) is 6.04 Å². The van der Waals surface area contributed by atoms with Crippen LogP contribution in [-0.2, 0) is 19.4 Å². The van der Waals surface area contributed by atoms with E-state index >= 15 is 0 Å². The SMILES string of the molecule is CCn1ncc(Br)c1C(NC)c1cc2c(s1)CCCCC2. The first-order chi connectivity index (χ1) is 10.2. The van der Waals surface area contributed by atoms with Crippen molar-refractivity contribution in [2.45, 2.75) is 51.6 Å². The number of rotatable bonds is 4. The highest BCUT2D eigenvalue weighted by Gasteiger charge is 2.23. The highest BCUT2D eigenvalue weighted by molar-refractivity contribution is 9.10. The predicted molar refractivity (Wildman–Crippen MR) is 92.1 cm³/mol. The Hall–Kier alpha value is -0.650. The van der Waals surface area contributed by atoms with Gasteiger partial charge in [0.05, 0.1) is 22.4 Å². The van der Waals surface area contributed by atoms with Crippen LogP contribution in [0.5, 0.6) is 0 Å². The maximum absolute atomic E-state index is 4.46. The van der Waals surface area contributed by atoms with E-state index in [2.05, 4.69) is 44.0 Å². The van der Waals surface area contributed by atoms with Crippen molar-refractivity contribution in [3.05, 3.63) is 37.7 Å². The summed E-state index contributed by atoms with van der Waals surface area (Å²) in [4.78, 5) is 3.02. The Balaban J connectivity index is 1.98. The molecule has 5 heteroatoms. The number of nitrogens with zero attached hydrogens (tertiary/aromatic N) is 2. The van der Waals surface area contributed by atoms with Crippen LogP contribution >= 0.6 is 27.3 Å². The van der Waals surface area contributed by atoms with Crippen LogP contribution in [0.4, 0.5) is 0 Å². The third-order valence-electron chi connectivity index (χ3n) is 4.25. The maximum atomic E-state index is 4.46. The van der Waals surface area contributed by atoms with Crippen molar-refractivity contribution < 1.29 is 0 Å². The van der Waals surface area contributed by atoms with Gasteiger partial charge in [-0.1, -0.05) is 6.42 Å². The number of aromatic nitrogens is 2. The zero-order valence-electron chi connectivity index (χ0n) is 12.7. The van der Waals surface area contributed by atoms with Gasteiger partial charge in [0.1, 0.15) is 0 Å². The van der Waals surface area contributed by atoms with Gasteiger partial charge in [0.15, 0.2) is 0 Å². The van der Waals surface area contributed by atoms with Gasteiger partial charge in [-0.15, -0.1) is 11.3 Å². The zero-order valence-corrected chi connectivity index (χ0v) is 15.1. The number of nitrogens with one attached hydrogen (secondary N) is 1. The van der Waals surface area contributed by atoms with Gasteiger partial charge in [-0.25, -0.2) is 0 Å². The summed E-state index contributed by atoms with van der Waals surface area (Å²) in [5.74, 6) is 0. The molecule has 3 rings (SSSR count). The number of fused-ring (bicyclic) bond motifs is 1. The summed E-state index contributed by atoms with van der Waals surface area (Å²) in [5.41, 5.74) is 2.81. The summed E-state index contributed by atoms with van der Waals surface area (Å²) in [7, 11) is 2.04. The highest BCUT2D eigenvalue weighted by atomic mass is 79.9. The normalized spacial score (nSPS) is 16.5. The van der Waals surface area contributed by atoms with Crippen molar-refractivity contribution in [1.82, 2.24) is 15.1 Å². The lowest BCUT2D eigenvalue weighted by atomic mass is 10.1. The monoisotopic (exact) mass is 367 g/mol. The van der Waals surface area contributed by atoms with Gasteiger partial charge < -0.3 is 5.32 Å². The van der Waals surface area contributed by atoms with Crippen LogP contribution in [0, 0.1) is 0 Å². The van der Waals surface area contributed by atoms with Crippen molar-refractivity contribution in [1.29, 1.82) is 0 Å². The molecule has 2 aromatic heterocycles. The molecule has 2 heterocycles. The minimum atomic E-state index is 0.221. The molecule has 0 amide bonds. The summed E-state index contributed by atoms with van der Waals surface area (Å²) >= 11 is 5.65. The van der Waals surface area contributed by atoms with Crippen LogP contribution < -0.4 is 5.32 Å². The summed E-state index contributed by atoms with van der Waals surface area (Å²) in [6.07, 6.45) is 8.46. The van der Waals surface area contributed by atoms with Gasteiger partial charge >= 0.3 is 0 Å². The average Bonchev–Trinajstić information content (AvgIpc) is 2.98. The number of hydrogen-bond donors (Lipinski definition) is 1. The van der Waals surface area contributed by atoms with E-state index < -0.39 is 0 Å². The predicted octanol–water partition coefficient (Wildman–Crippen LogP) is 4.30. The van der Waals surface area contributed by atoms with Crippen molar-refractivity contribution >= 4 is 27.3 Å². The molecule has 1 N–H and O–H groups in total. The second kappa shape index (κ2) is 6.63. The lowest BCUT2D eigenvalue weighted by molar-refractivity contribution is 0.566. The number of thiophene rings is 1. The van der Waals surface area contributed by atoms with E-state index in [4.69, 9.17) is 0 Å². The topological polar surface area (TPSA) is 29.9 Å². The first-order valence-corrected chi connectivity index (χ1v) is 9.35. The molecular formula is C16H22BrN3S. The minimum Gasteiger partial charge on any atom is -0.307 e. The van der Waals surface area contributed by atoms with Gasteiger partial charge in [0.2, 0.25) is 0 Å². The van der Waals surface area contributed by atoms with Gasteiger partial charge in [-0.2, -0.15) is 5.10 Å². The molecule has 0 aliphatic heterocycles. The fourth-order valence-electron chi connectivity index (χ4n) is 3.16. The summed E-state index contributed by atoms with van der Waals surface area (Å²) < 4.78 is 3.17. The molecule has 1 atom stereocenters. The Labute approximate surface area is 138 Å². The third-order valence-corrected chi connectivity index (χ3v) is 6.16. The Morgan fingerprint density at radius 2 is 2.19 bits per heavy atom. The molecular weight excluding hydrogens is 346 g/mol. The van der Waals surface area contributed by atoms with Crippen molar-refractivity contribution in [2.75, 3.05) is 7.05 Å². The fourth-order valence-corrected chi connectivity index (χ4v) is 5.05. The molecule has 0 saturated heterocycles. The Kier molecular flexibility index (Phi) is 4.82. The molecule has 2 aromatic rings. The van der Waals surface area contributed by atoms with E-state index in [1.807, 2.05) is 24.6 Å². The molecule has 0 saturated carbocycles. The first-order valence-electron chi connectivity index (χ1n) is 7.74. The fraction of sp³-hybridized carbons (Fsp3) is 0.562. The van der Waals surface area contributed by atoms with Crippen molar-refractivity contribution in [3.8, 4) is 0 Å². The van der Waals surface area contributed by atoms with Gasteiger partial charge in [0, 0.05) is 16.3 Å². The molecule has 114 valence electrons. The molecule has 3 nitrogen and oxygen atoms in total. The number of aryl methyl sites for hydroxylation is 3. The largest absolute Gasteiger partial charge is 0.307 e. The molecule has 1 aliphatic carbocycles. The molecule has 1 unspecified atom stereocenters. The van der Waals surface area contributed by atoms with Crippen LogP contribution in [0.1, 0.15) is 53.2 Å². The van der Waals surface area contributed by atoms with E-state index in [1.54, 1.807) is 10.4 Å². The van der Waals surface area contributed by atoms with Crippen LogP contribution in [0.25, 0.3) is 0 Å². The summed E-state index contributed by atoms with van der Waals surface area (Å²) in [6, 6.07) is 2.64. The number of halogens is 1. The molecule has 0 aromatic carbocycles. The quantitative estimate of drug-likeness (QED) is 0.816. The minimum absolute atomic E-state index is 0.221. The van der Waals surface area contributed by atoms with E-state index in [0.717, 1.165) is 11.0 Å². The summed E-state index contributed by atoms with van der Waals surface area (Å²) in [6.45, 7) is 3.03. The highest BCUT2D eigenvalue weighted by Crippen LogP contribution is 2.36. The Morgan fingerprint density at radius 1 is 1.38 bits per heavy atom. The van der Waals surface area contributed by atoms with Gasteiger partial charge in [0.25, 0.3) is 0 Å². The molecule has 1 aliphatic rings. The smallest absolute Gasteiger partial charge is 0.0851 e. The zero-order chi connectivity index (χ0) is 14.8. The standard InChI is InChI=1S/C16H22BrN3S/c1-3-20-16(12(17)10-19-20)15(18-2)14-9-11-7-5-4-6-8-13(11)21-14/h9-10,15,18H,3-8H2,1-2H3. The first kappa shape index (κ1) is 15.3. The maximum Gasteiger partial charge on any atom is 0.0851 e. The lowest BCUT2D eigenvalue weighted by Gasteiger charge is -2.17. The van der Waals surface area contributed by atoms with Crippen LogP contribution in [0.2, 0.25) is 0 Å². The third kappa shape index (κ3) is 2.96. The number of hydrogen-bond acceptors (Lipinski definition) is 3. The van der Waals surface area contributed by atoms with E-state index in [9.17, 15) is 0 Å². The van der Waals surface area contributed by atoms with Crippen molar-refractivity contribution in [3.63, 3.8) is 0 Å². The average molecular weight is 368 g/mol. The summed E-state index contributed by atoms with van der Waals surface area (Å²) in [5, 5.41) is 7.94. The molecule has 0 spiro atoms. The van der Waals surface area contributed by atoms with Crippen LogP contribution in [0.3, 0.4) is 0 Å².